The van der Waals surface area contributed by atoms with E-state index >= 15 is 0 Å². The predicted octanol–water partition coefficient (Wildman–Crippen LogP) is 2.16. The molecule has 0 radical (unpaired) electrons. The maximum atomic E-state index is 12.9. The number of halogens is 1. The quantitative estimate of drug-likeness (QED) is 0.677. The van der Waals surface area contributed by atoms with Crippen LogP contribution in [0.2, 0.25) is 0 Å². The summed E-state index contributed by atoms with van der Waals surface area (Å²) in [6, 6.07) is 5.75. The molecule has 2 rings (SSSR count). The van der Waals surface area contributed by atoms with Crippen molar-refractivity contribution in [2.45, 2.75) is 13.5 Å². The fraction of sp³-hybridized carbons (Fsp3) is 0.182. The van der Waals surface area contributed by atoms with Crippen molar-refractivity contribution < 1.29 is 4.39 Å². The lowest BCUT2D eigenvalue weighted by molar-refractivity contribution is 0.629. The van der Waals surface area contributed by atoms with E-state index in [4.69, 9.17) is 0 Å². The van der Waals surface area contributed by atoms with E-state index in [1.165, 1.54) is 18.2 Å². The van der Waals surface area contributed by atoms with E-state index in [0.717, 1.165) is 12.1 Å². The van der Waals surface area contributed by atoms with Gasteiger partial charge in [0.25, 0.3) is 0 Å². The van der Waals surface area contributed by atoms with Crippen molar-refractivity contribution in [1.29, 1.82) is 0 Å². The smallest absolute Gasteiger partial charge is 0.189 e. The molecular weight excluding hydrogens is 181 g/mol. The lowest BCUT2D eigenvalue weighted by Crippen LogP contribution is -2.07. The highest BCUT2D eigenvalue weighted by Crippen LogP contribution is 2.11. The van der Waals surface area contributed by atoms with Crippen LogP contribution in [0.15, 0.2) is 35.3 Å². The highest BCUT2D eigenvalue weighted by atomic mass is 19.1. The lowest BCUT2D eigenvalue weighted by Gasteiger charge is -2.06. The summed E-state index contributed by atoms with van der Waals surface area (Å²) in [6.07, 6.45) is 1.72. The molecule has 2 nitrogen and oxygen atoms in total. The molecule has 0 unspecified atom stereocenters. The van der Waals surface area contributed by atoms with Crippen molar-refractivity contribution in [3.8, 4) is 0 Å². The van der Waals surface area contributed by atoms with Gasteiger partial charge in [-0.2, -0.15) is 0 Å². The van der Waals surface area contributed by atoms with Crippen LogP contribution in [0.3, 0.4) is 0 Å². The van der Waals surface area contributed by atoms with E-state index in [1.54, 1.807) is 12.3 Å². The average molecular weight is 191 g/mol. The minimum Gasteiger partial charge on any atom is -0.348 e. The molecule has 0 bridgehead atoms. The summed E-state index contributed by atoms with van der Waals surface area (Å²) in [4.78, 5) is 11.4. The maximum Gasteiger partial charge on any atom is 0.189 e. The first kappa shape index (κ1) is 8.94. The minimum atomic E-state index is -0.372. The first-order valence-corrected chi connectivity index (χ1v) is 4.51. The summed E-state index contributed by atoms with van der Waals surface area (Å²) < 4.78 is 14.8. The molecule has 3 heteroatoms. The van der Waals surface area contributed by atoms with Gasteiger partial charge in [0.15, 0.2) is 5.43 Å². The molecule has 0 N–H and O–H groups in total. The molecule has 72 valence electrons. The van der Waals surface area contributed by atoms with Crippen molar-refractivity contribution in [1.82, 2.24) is 4.57 Å². The summed E-state index contributed by atoms with van der Waals surface area (Å²) in [6.45, 7) is 2.75. The van der Waals surface area contributed by atoms with Gasteiger partial charge < -0.3 is 4.57 Å². The van der Waals surface area contributed by atoms with E-state index in [1.807, 2.05) is 11.5 Å². The Morgan fingerprint density at radius 1 is 1.36 bits per heavy atom. The van der Waals surface area contributed by atoms with Crippen LogP contribution in [0.25, 0.3) is 10.9 Å². The van der Waals surface area contributed by atoms with Gasteiger partial charge in [-0.15, -0.1) is 0 Å². The molecule has 1 aromatic heterocycles. The molecule has 0 aliphatic rings. The number of pyridine rings is 1. The molecule has 0 saturated carbocycles. The number of hydrogen-bond donors (Lipinski definition) is 0. The zero-order valence-corrected chi connectivity index (χ0v) is 7.83. The SMILES string of the molecule is CCn1ccc(=O)c2cc(F)ccc21. The normalized spacial score (nSPS) is 10.7. The van der Waals surface area contributed by atoms with Crippen LogP contribution < -0.4 is 5.43 Å². The Morgan fingerprint density at radius 2 is 2.14 bits per heavy atom. The highest BCUT2D eigenvalue weighted by molar-refractivity contribution is 5.78. The Hall–Kier alpha value is -1.64. The first-order valence-electron chi connectivity index (χ1n) is 4.51. The Bertz CT molecular complexity index is 530. The molecule has 14 heavy (non-hydrogen) atoms. The number of aryl methyl sites for hydroxylation is 1. The molecule has 0 atom stereocenters. The average Bonchev–Trinajstić information content (AvgIpc) is 2.19. The van der Waals surface area contributed by atoms with Crippen LogP contribution in [-0.4, -0.2) is 4.57 Å². The Balaban J connectivity index is 2.91. The summed E-state index contributed by atoms with van der Waals surface area (Å²) in [7, 11) is 0. The molecule has 0 aliphatic carbocycles. The van der Waals surface area contributed by atoms with Crippen LogP contribution in [0.4, 0.5) is 4.39 Å². The molecule has 0 spiro atoms. The number of benzene rings is 1. The van der Waals surface area contributed by atoms with E-state index in [0.29, 0.717) is 5.39 Å². The summed E-state index contributed by atoms with van der Waals surface area (Å²) in [5.74, 6) is -0.372. The summed E-state index contributed by atoms with van der Waals surface area (Å²) in [5.41, 5.74) is 0.644. The van der Waals surface area contributed by atoms with E-state index in [2.05, 4.69) is 0 Å². The third kappa shape index (κ3) is 1.31. The van der Waals surface area contributed by atoms with Crippen molar-refractivity contribution >= 4 is 10.9 Å². The lowest BCUT2D eigenvalue weighted by atomic mass is 10.2. The molecule has 0 aliphatic heterocycles. The Morgan fingerprint density at radius 3 is 2.86 bits per heavy atom. The molecule has 0 saturated heterocycles. The van der Waals surface area contributed by atoms with Crippen molar-refractivity contribution in [3.05, 3.63) is 46.5 Å². The van der Waals surface area contributed by atoms with Gasteiger partial charge in [0.05, 0.1) is 5.52 Å². The fourth-order valence-electron chi connectivity index (χ4n) is 1.56. The first-order chi connectivity index (χ1) is 6.72. The predicted molar refractivity (Wildman–Crippen MR) is 53.8 cm³/mol. The van der Waals surface area contributed by atoms with Crippen LogP contribution >= 0.6 is 0 Å². The molecule has 1 heterocycles. The zero-order chi connectivity index (χ0) is 10.1. The zero-order valence-electron chi connectivity index (χ0n) is 7.83. The monoisotopic (exact) mass is 191 g/mol. The van der Waals surface area contributed by atoms with E-state index < -0.39 is 0 Å². The number of aromatic nitrogens is 1. The van der Waals surface area contributed by atoms with Crippen LogP contribution in [-0.2, 0) is 6.54 Å². The minimum absolute atomic E-state index is 0.135. The number of nitrogens with zero attached hydrogens (tertiary/aromatic N) is 1. The van der Waals surface area contributed by atoms with Crippen LogP contribution in [0.1, 0.15) is 6.92 Å². The van der Waals surface area contributed by atoms with E-state index in [9.17, 15) is 9.18 Å². The van der Waals surface area contributed by atoms with E-state index in [-0.39, 0.29) is 11.2 Å². The highest BCUT2D eigenvalue weighted by Gasteiger charge is 2.02. The topological polar surface area (TPSA) is 22.0 Å². The fourth-order valence-corrected chi connectivity index (χ4v) is 1.56. The van der Waals surface area contributed by atoms with Gasteiger partial charge in [-0.05, 0) is 25.1 Å². The van der Waals surface area contributed by atoms with Gasteiger partial charge in [0.2, 0.25) is 0 Å². The number of rotatable bonds is 1. The molecular formula is C11H10FNO. The van der Waals surface area contributed by atoms with Gasteiger partial charge in [0, 0.05) is 24.2 Å². The van der Waals surface area contributed by atoms with Crippen molar-refractivity contribution in [3.63, 3.8) is 0 Å². The molecule has 0 amide bonds. The largest absolute Gasteiger partial charge is 0.348 e. The van der Waals surface area contributed by atoms with Gasteiger partial charge in [-0.1, -0.05) is 0 Å². The third-order valence-corrected chi connectivity index (χ3v) is 2.28. The van der Waals surface area contributed by atoms with Crippen molar-refractivity contribution in [2.75, 3.05) is 0 Å². The second-order valence-corrected chi connectivity index (χ2v) is 3.13. The number of fused-ring (bicyclic) bond motifs is 1. The van der Waals surface area contributed by atoms with Gasteiger partial charge in [-0.25, -0.2) is 4.39 Å². The van der Waals surface area contributed by atoms with Gasteiger partial charge >= 0.3 is 0 Å². The van der Waals surface area contributed by atoms with Crippen LogP contribution in [0, 0.1) is 5.82 Å². The third-order valence-electron chi connectivity index (χ3n) is 2.28. The molecule has 2 aromatic rings. The molecule has 0 fully saturated rings. The van der Waals surface area contributed by atoms with Crippen molar-refractivity contribution in [2.24, 2.45) is 0 Å². The Kier molecular flexibility index (Phi) is 2.08. The second-order valence-electron chi connectivity index (χ2n) is 3.13. The standard InChI is InChI=1S/C11H10FNO/c1-2-13-6-5-11(14)9-7-8(12)3-4-10(9)13/h3-7H,2H2,1H3. The summed E-state index contributed by atoms with van der Waals surface area (Å²) in [5, 5.41) is 0.439. The van der Waals surface area contributed by atoms with Gasteiger partial charge in [0.1, 0.15) is 5.82 Å². The Labute approximate surface area is 80.6 Å². The number of hydrogen-bond acceptors (Lipinski definition) is 1. The summed E-state index contributed by atoms with van der Waals surface area (Å²) >= 11 is 0. The molecule has 1 aromatic carbocycles. The van der Waals surface area contributed by atoms with Crippen LogP contribution in [0.5, 0.6) is 0 Å². The maximum absolute atomic E-state index is 12.9. The van der Waals surface area contributed by atoms with Gasteiger partial charge in [-0.3, -0.25) is 4.79 Å². The second kappa shape index (κ2) is 3.25.